The first kappa shape index (κ1) is 13.8. The minimum Gasteiger partial charge on any atom is -0.343 e. The molecule has 16 heavy (non-hydrogen) atoms. The lowest BCUT2D eigenvalue weighted by molar-refractivity contribution is -0.136. The van der Waals surface area contributed by atoms with E-state index in [0.29, 0.717) is 17.9 Å². The van der Waals surface area contributed by atoms with E-state index in [0.717, 1.165) is 25.3 Å². The summed E-state index contributed by atoms with van der Waals surface area (Å²) in [5, 5.41) is 3.29. The lowest BCUT2D eigenvalue weighted by Gasteiger charge is -2.28. The summed E-state index contributed by atoms with van der Waals surface area (Å²) >= 11 is 1.84. The molecule has 4 heteroatoms. The molecule has 94 valence electrons. The molecule has 0 aromatic heterocycles. The Bertz CT molecular complexity index is 235. The van der Waals surface area contributed by atoms with Gasteiger partial charge in [0.05, 0.1) is 5.92 Å². The van der Waals surface area contributed by atoms with Crippen LogP contribution in [0.1, 0.15) is 20.3 Å². The molecule has 1 heterocycles. The van der Waals surface area contributed by atoms with Gasteiger partial charge in [0.1, 0.15) is 0 Å². The van der Waals surface area contributed by atoms with Gasteiger partial charge in [-0.15, -0.1) is 0 Å². The average molecular weight is 244 g/mol. The van der Waals surface area contributed by atoms with E-state index >= 15 is 0 Å². The van der Waals surface area contributed by atoms with Crippen molar-refractivity contribution in [1.29, 1.82) is 0 Å². The van der Waals surface area contributed by atoms with Crippen molar-refractivity contribution in [2.45, 2.75) is 26.3 Å². The molecule has 1 saturated heterocycles. The second-order valence-electron chi connectivity index (χ2n) is 4.82. The van der Waals surface area contributed by atoms with Crippen LogP contribution in [0.25, 0.3) is 0 Å². The number of carbonyl (C=O) groups excluding carboxylic acids is 1. The molecule has 1 aliphatic heterocycles. The number of carbonyl (C=O) groups is 1. The number of amides is 1. The van der Waals surface area contributed by atoms with Crippen molar-refractivity contribution >= 4 is 17.7 Å². The number of nitrogens with one attached hydrogen (secondary N) is 1. The van der Waals surface area contributed by atoms with Crippen molar-refractivity contribution in [3.05, 3.63) is 0 Å². The first-order valence-electron chi connectivity index (χ1n) is 6.04. The minimum absolute atomic E-state index is 0.182. The van der Waals surface area contributed by atoms with E-state index in [1.807, 2.05) is 23.7 Å². The van der Waals surface area contributed by atoms with Gasteiger partial charge in [-0.1, -0.05) is 6.92 Å². The number of hydrogen-bond donors (Lipinski definition) is 1. The van der Waals surface area contributed by atoms with Crippen LogP contribution in [0.4, 0.5) is 0 Å². The fourth-order valence-corrected chi connectivity index (χ4v) is 2.68. The van der Waals surface area contributed by atoms with Crippen LogP contribution >= 0.6 is 11.8 Å². The molecule has 0 aliphatic carbocycles. The molecule has 1 unspecified atom stereocenters. The third-order valence-corrected chi connectivity index (χ3v) is 4.23. The van der Waals surface area contributed by atoms with Gasteiger partial charge < -0.3 is 10.2 Å². The van der Waals surface area contributed by atoms with Crippen molar-refractivity contribution in [1.82, 2.24) is 10.2 Å². The van der Waals surface area contributed by atoms with Gasteiger partial charge in [0, 0.05) is 19.6 Å². The summed E-state index contributed by atoms with van der Waals surface area (Å²) in [6.45, 7) is 6.12. The zero-order chi connectivity index (χ0) is 12.1. The molecule has 0 bridgehead atoms. The highest BCUT2D eigenvalue weighted by atomic mass is 32.2. The van der Waals surface area contributed by atoms with Gasteiger partial charge >= 0.3 is 0 Å². The summed E-state index contributed by atoms with van der Waals surface area (Å²) in [6.07, 6.45) is 3.19. The highest BCUT2D eigenvalue weighted by Gasteiger charge is 2.32. The van der Waals surface area contributed by atoms with Crippen LogP contribution in [-0.2, 0) is 4.79 Å². The number of nitrogens with zero attached hydrogens (tertiary/aromatic N) is 1. The summed E-state index contributed by atoms with van der Waals surface area (Å²) in [5.74, 6) is 2.09. The van der Waals surface area contributed by atoms with Crippen LogP contribution in [-0.4, -0.2) is 49.0 Å². The Balaban J connectivity index is 2.45. The molecule has 1 N–H and O–H groups in total. The van der Waals surface area contributed by atoms with E-state index < -0.39 is 0 Å². The van der Waals surface area contributed by atoms with Crippen LogP contribution in [0, 0.1) is 11.8 Å². The van der Waals surface area contributed by atoms with Gasteiger partial charge in [-0.05, 0) is 37.8 Å². The molecular weight excluding hydrogens is 220 g/mol. The lowest BCUT2D eigenvalue weighted by atomic mass is 9.96. The number of hydrogen-bond acceptors (Lipinski definition) is 3. The molecule has 0 aromatic rings. The highest BCUT2D eigenvalue weighted by molar-refractivity contribution is 7.98. The Morgan fingerprint density at radius 2 is 2.25 bits per heavy atom. The summed E-state index contributed by atoms with van der Waals surface area (Å²) in [5.41, 5.74) is 0. The molecule has 3 atom stereocenters. The molecule has 0 spiro atoms. The van der Waals surface area contributed by atoms with Gasteiger partial charge in [0.2, 0.25) is 5.91 Å². The molecule has 0 aromatic carbocycles. The minimum atomic E-state index is 0.182. The first-order chi connectivity index (χ1) is 7.57. The number of thioether (sulfide) groups is 1. The van der Waals surface area contributed by atoms with E-state index in [1.54, 1.807) is 0 Å². The van der Waals surface area contributed by atoms with Crippen molar-refractivity contribution in [3.63, 3.8) is 0 Å². The Morgan fingerprint density at radius 3 is 2.75 bits per heavy atom. The molecule has 1 rings (SSSR count). The fourth-order valence-electron chi connectivity index (χ4n) is 2.10. The predicted molar refractivity (Wildman–Crippen MR) is 70.8 cm³/mol. The van der Waals surface area contributed by atoms with Gasteiger partial charge in [-0.2, -0.15) is 11.8 Å². The van der Waals surface area contributed by atoms with Crippen molar-refractivity contribution < 1.29 is 4.79 Å². The lowest BCUT2D eigenvalue weighted by Crippen LogP contribution is -2.41. The second kappa shape index (κ2) is 6.50. The Morgan fingerprint density at radius 1 is 1.56 bits per heavy atom. The van der Waals surface area contributed by atoms with Gasteiger partial charge in [0.15, 0.2) is 0 Å². The Labute approximate surface area is 103 Å². The van der Waals surface area contributed by atoms with Crippen LogP contribution in [0.5, 0.6) is 0 Å². The molecule has 0 radical (unpaired) electrons. The van der Waals surface area contributed by atoms with E-state index in [1.165, 1.54) is 0 Å². The summed E-state index contributed by atoms with van der Waals surface area (Å²) < 4.78 is 0. The number of rotatable bonds is 5. The van der Waals surface area contributed by atoms with Crippen LogP contribution < -0.4 is 5.32 Å². The van der Waals surface area contributed by atoms with Gasteiger partial charge in [0.25, 0.3) is 0 Å². The van der Waals surface area contributed by atoms with Crippen molar-refractivity contribution in [3.8, 4) is 0 Å². The smallest absolute Gasteiger partial charge is 0.227 e. The average Bonchev–Trinajstić information content (AvgIpc) is 2.70. The largest absolute Gasteiger partial charge is 0.343 e. The Kier molecular flexibility index (Phi) is 5.62. The summed E-state index contributed by atoms with van der Waals surface area (Å²) in [4.78, 5) is 14.2. The van der Waals surface area contributed by atoms with Gasteiger partial charge in [-0.25, -0.2) is 0 Å². The molecule has 0 saturated carbocycles. The maximum absolute atomic E-state index is 12.2. The quantitative estimate of drug-likeness (QED) is 0.794. The summed E-state index contributed by atoms with van der Waals surface area (Å²) in [6, 6.07) is 0.354. The van der Waals surface area contributed by atoms with Gasteiger partial charge in [-0.3, -0.25) is 4.79 Å². The van der Waals surface area contributed by atoms with Crippen LogP contribution in [0.3, 0.4) is 0 Å². The zero-order valence-corrected chi connectivity index (χ0v) is 11.6. The predicted octanol–water partition coefficient (Wildman–Crippen LogP) is 1.44. The standard InChI is InChI=1S/C12H24N2OS/c1-9-7-13-8-11(9)12(15)14(3)10(2)5-6-16-4/h9-11,13H,5-8H2,1-4H3/t9-,10?,11-/m1/s1. The van der Waals surface area contributed by atoms with E-state index in [-0.39, 0.29) is 5.92 Å². The van der Waals surface area contributed by atoms with E-state index in [2.05, 4.69) is 25.4 Å². The Hall–Kier alpha value is -0.220. The monoisotopic (exact) mass is 244 g/mol. The van der Waals surface area contributed by atoms with Crippen LogP contribution in [0.15, 0.2) is 0 Å². The first-order valence-corrected chi connectivity index (χ1v) is 7.43. The molecular formula is C12H24N2OS. The molecule has 1 amide bonds. The van der Waals surface area contributed by atoms with Crippen LogP contribution in [0.2, 0.25) is 0 Å². The molecule has 3 nitrogen and oxygen atoms in total. The normalized spacial score (nSPS) is 26.8. The van der Waals surface area contributed by atoms with E-state index in [4.69, 9.17) is 0 Å². The van der Waals surface area contributed by atoms with E-state index in [9.17, 15) is 4.79 Å². The molecule has 1 aliphatic rings. The maximum Gasteiger partial charge on any atom is 0.227 e. The second-order valence-corrected chi connectivity index (χ2v) is 5.81. The molecule has 1 fully saturated rings. The maximum atomic E-state index is 12.2. The highest BCUT2D eigenvalue weighted by Crippen LogP contribution is 2.19. The SMILES string of the molecule is CSCCC(C)N(C)C(=O)[C@@H]1CNC[C@H]1C. The third kappa shape index (κ3) is 3.39. The van der Waals surface area contributed by atoms with Crippen molar-refractivity contribution in [2.24, 2.45) is 11.8 Å². The summed E-state index contributed by atoms with van der Waals surface area (Å²) in [7, 11) is 1.94. The topological polar surface area (TPSA) is 32.3 Å². The fraction of sp³-hybridized carbons (Fsp3) is 0.917. The van der Waals surface area contributed by atoms with Crippen molar-refractivity contribution in [2.75, 3.05) is 32.1 Å². The third-order valence-electron chi connectivity index (χ3n) is 3.58. The zero-order valence-electron chi connectivity index (χ0n) is 10.8.